The third-order valence-corrected chi connectivity index (χ3v) is 5.97. The van der Waals surface area contributed by atoms with Crippen molar-refractivity contribution in [3.8, 4) is 11.8 Å². The number of aromatic nitrogens is 2. The van der Waals surface area contributed by atoms with Crippen LogP contribution in [0.1, 0.15) is 17.5 Å². The van der Waals surface area contributed by atoms with E-state index in [0.717, 1.165) is 18.6 Å². The first kappa shape index (κ1) is 20.7. The average Bonchev–Trinajstić information content (AvgIpc) is 3.14. The van der Waals surface area contributed by atoms with Gasteiger partial charge in [0, 0.05) is 29.1 Å². The standard InChI is InChI=1S/C21H23N3O4S/c1-16-5-3-4-6-20(16)29-19(12-9-17-7-10-18(27-2)11-8-17)15-23-14-13-22-21(23)28-24(25)26/h3-8,10-11,13-14,19H,9,12,15H2,1-2H3. The molecule has 29 heavy (non-hydrogen) atoms. The van der Waals surface area contributed by atoms with Crippen LogP contribution in [0.2, 0.25) is 0 Å². The topological polar surface area (TPSA) is 79.4 Å². The van der Waals surface area contributed by atoms with E-state index in [1.807, 2.05) is 24.3 Å². The Bertz CT molecular complexity index is 943. The van der Waals surface area contributed by atoms with Crippen molar-refractivity contribution in [2.75, 3.05) is 7.11 Å². The van der Waals surface area contributed by atoms with E-state index in [1.54, 1.807) is 29.6 Å². The number of thioether (sulfide) groups is 1. The monoisotopic (exact) mass is 413 g/mol. The molecule has 7 nitrogen and oxygen atoms in total. The lowest BCUT2D eigenvalue weighted by Gasteiger charge is -2.19. The van der Waals surface area contributed by atoms with Crippen molar-refractivity contribution in [3.63, 3.8) is 0 Å². The van der Waals surface area contributed by atoms with E-state index in [4.69, 9.17) is 4.74 Å². The molecule has 3 rings (SSSR count). The lowest BCUT2D eigenvalue weighted by atomic mass is 10.1. The minimum atomic E-state index is -0.834. The average molecular weight is 413 g/mol. The van der Waals surface area contributed by atoms with E-state index in [1.165, 1.54) is 22.2 Å². The van der Waals surface area contributed by atoms with Crippen LogP contribution in [0.25, 0.3) is 0 Å². The van der Waals surface area contributed by atoms with Crippen molar-refractivity contribution >= 4 is 11.8 Å². The Morgan fingerprint density at radius 3 is 2.66 bits per heavy atom. The molecule has 0 amide bonds. The first-order chi connectivity index (χ1) is 14.0. The van der Waals surface area contributed by atoms with E-state index < -0.39 is 5.09 Å². The van der Waals surface area contributed by atoms with Gasteiger partial charge in [-0.3, -0.25) is 0 Å². The number of hydrogen-bond donors (Lipinski definition) is 0. The molecule has 0 fully saturated rings. The molecule has 0 bridgehead atoms. The molecular formula is C21H23N3O4S. The Balaban J connectivity index is 1.74. The van der Waals surface area contributed by atoms with Gasteiger partial charge in [-0.1, -0.05) is 30.3 Å². The van der Waals surface area contributed by atoms with E-state index in [-0.39, 0.29) is 11.3 Å². The van der Waals surface area contributed by atoms with Crippen LogP contribution in [0.15, 0.2) is 65.8 Å². The summed E-state index contributed by atoms with van der Waals surface area (Å²) in [7, 11) is 1.65. The number of benzene rings is 2. The van der Waals surface area contributed by atoms with Gasteiger partial charge in [-0.25, -0.2) is 9.82 Å². The lowest BCUT2D eigenvalue weighted by molar-refractivity contribution is -0.713. The molecule has 3 aromatic rings. The summed E-state index contributed by atoms with van der Waals surface area (Å²) in [6.45, 7) is 2.64. The van der Waals surface area contributed by atoms with Crippen molar-refractivity contribution in [2.24, 2.45) is 0 Å². The van der Waals surface area contributed by atoms with Gasteiger partial charge in [0.2, 0.25) is 0 Å². The number of ether oxygens (including phenoxy) is 1. The van der Waals surface area contributed by atoms with Crippen molar-refractivity contribution < 1.29 is 14.7 Å². The molecule has 1 atom stereocenters. The Kier molecular flexibility index (Phi) is 7.13. The zero-order valence-corrected chi connectivity index (χ0v) is 17.2. The Labute approximate surface area is 173 Å². The van der Waals surface area contributed by atoms with Crippen LogP contribution in [0.3, 0.4) is 0 Å². The fourth-order valence-electron chi connectivity index (χ4n) is 2.99. The maximum atomic E-state index is 10.7. The highest BCUT2D eigenvalue weighted by molar-refractivity contribution is 8.00. The predicted molar refractivity (Wildman–Crippen MR) is 112 cm³/mol. The van der Waals surface area contributed by atoms with Crippen LogP contribution in [0.4, 0.5) is 0 Å². The summed E-state index contributed by atoms with van der Waals surface area (Å²) in [6.07, 6.45) is 4.99. The molecule has 0 spiro atoms. The van der Waals surface area contributed by atoms with Gasteiger partial charge >= 0.3 is 5.09 Å². The first-order valence-electron chi connectivity index (χ1n) is 9.24. The minimum absolute atomic E-state index is 0.00479. The van der Waals surface area contributed by atoms with Crippen molar-refractivity contribution in [1.82, 2.24) is 9.55 Å². The largest absolute Gasteiger partial charge is 0.497 e. The zero-order valence-electron chi connectivity index (χ0n) is 16.4. The molecule has 8 heteroatoms. The van der Waals surface area contributed by atoms with Gasteiger partial charge in [0.15, 0.2) is 0 Å². The van der Waals surface area contributed by atoms with Crippen LogP contribution >= 0.6 is 11.8 Å². The normalized spacial score (nSPS) is 11.8. The summed E-state index contributed by atoms with van der Waals surface area (Å²) in [6, 6.07) is 16.3. The van der Waals surface area contributed by atoms with Gasteiger partial charge in [0.25, 0.3) is 6.01 Å². The highest BCUT2D eigenvalue weighted by atomic mass is 32.2. The molecule has 0 aliphatic heterocycles. The van der Waals surface area contributed by atoms with E-state index in [2.05, 4.69) is 41.0 Å². The van der Waals surface area contributed by atoms with Gasteiger partial charge in [0.05, 0.1) is 7.11 Å². The van der Waals surface area contributed by atoms with Crippen LogP contribution in [-0.2, 0) is 13.0 Å². The van der Waals surface area contributed by atoms with Gasteiger partial charge in [-0.2, -0.15) is 0 Å². The molecule has 1 aromatic heterocycles. The van der Waals surface area contributed by atoms with Crippen molar-refractivity contribution in [2.45, 2.75) is 36.5 Å². The SMILES string of the molecule is COc1ccc(CCC(Cn2ccnc2O[N+](=O)[O-])Sc2ccccc2C)cc1. The molecule has 1 unspecified atom stereocenters. The number of hydrogen-bond acceptors (Lipinski definition) is 6. The van der Waals surface area contributed by atoms with Gasteiger partial charge in [-0.15, -0.1) is 21.9 Å². The number of rotatable bonds is 10. The minimum Gasteiger partial charge on any atom is -0.497 e. The number of aryl methyl sites for hydroxylation is 2. The molecule has 152 valence electrons. The predicted octanol–water partition coefficient (Wildman–Crippen LogP) is 4.56. The summed E-state index contributed by atoms with van der Waals surface area (Å²) in [4.78, 5) is 20.5. The Hall–Kier alpha value is -3.00. The van der Waals surface area contributed by atoms with E-state index in [9.17, 15) is 10.1 Å². The second kappa shape index (κ2) is 9.97. The van der Waals surface area contributed by atoms with Gasteiger partial charge in [0.1, 0.15) is 5.75 Å². The zero-order chi connectivity index (χ0) is 20.6. The van der Waals surface area contributed by atoms with Gasteiger partial charge in [-0.05, 0) is 49.1 Å². The second-order valence-corrected chi connectivity index (χ2v) is 7.91. The molecule has 1 heterocycles. The summed E-state index contributed by atoms with van der Waals surface area (Å²) in [5.74, 6) is 0.833. The molecule has 2 aromatic carbocycles. The van der Waals surface area contributed by atoms with Crippen LogP contribution in [0.5, 0.6) is 11.8 Å². The number of methoxy groups -OCH3 is 1. The molecule has 0 saturated carbocycles. The van der Waals surface area contributed by atoms with Crippen molar-refractivity contribution in [1.29, 1.82) is 0 Å². The Morgan fingerprint density at radius 2 is 1.97 bits per heavy atom. The molecule has 0 aliphatic carbocycles. The maximum absolute atomic E-state index is 10.7. The molecule has 0 N–H and O–H groups in total. The maximum Gasteiger partial charge on any atom is 0.302 e. The van der Waals surface area contributed by atoms with Gasteiger partial charge < -0.3 is 9.30 Å². The van der Waals surface area contributed by atoms with Crippen molar-refractivity contribution in [3.05, 3.63) is 82.2 Å². The third-order valence-electron chi connectivity index (χ3n) is 4.54. The number of imidazole rings is 1. The highest BCUT2D eigenvalue weighted by Gasteiger charge is 2.16. The fraction of sp³-hybridized carbons (Fsp3) is 0.286. The molecular weight excluding hydrogens is 390 g/mol. The van der Waals surface area contributed by atoms with Crippen LogP contribution in [0, 0.1) is 17.0 Å². The molecule has 0 aliphatic rings. The van der Waals surface area contributed by atoms with E-state index >= 15 is 0 Å². The first-order valence-corrected chi connectivity index (χ1v) is 10.1. The third kappa shape index (κ3) is 5.99. The quantitative estimate of drug-likeness (QED) is 0.275. The second-order valence-electron chi connectivity index (χ2n) is 6.57. The highest BCUT2D eigenvalue weighted by Crippen LogP contribution is 2.31. The molecule has 0 radical (unpaired) electrons. The molecule has 0 saturated heterocycles. The fourth-order valence-corrected chi connectivity index (χ4v) is 4.23. The van der Waals surface area contributed by atoms with Crippen LogP contribution in [-0.4, -0.2) is 27.0 Å². The van der Waals surface area contributed by atoms with E-state index in [0.29, 0.717) is 6.54 Å². The smallest absolute Gasteiger partial charge is 0.302 e. The summed E-state index contributed by atoms with van der Waals surface area (Å²) in [5, 5.41) is 10.1. The summed E-state index contributed by atoms with van der Waals surface area (Å²) < 4.78 is 6.91. The number of nitrogens with zero attached hydrogens (tertiary/aromatic N) is 3. The summed E-state index contributed by atoms with van der Waals surface area (Å²) in [5.41, 5.74) is 2.42. The summed E-state index contributed by atoms with van der Waals surface area (Å²) >= 11 is 1.77. The lowest BCUT2D eigenvalue weighted by Crippen LogP contribution is -2.17. The Morgan fingerprint density at radius 1 is 1.21 bits per heavy atom. The van der Waals surface area contributed by atoms with Crippen LogP contribution < -0.4 is 9.57 Å².